The van der Waals surface area contributed by atoms with Gasteiger partial charge in [-0.25, -0.2) is 10.3 Å². The predicted octanol–water partition coefficient (Wildman–Crippen LogP) is 4.32. The number of nitrogens with one attached hydrogen (secondary N) is 3. The van der Waals surface area contributed by atoms with Crippen molar-refractivity contribution >= 4 is 40.7 Å². The molecule has 0 atom stereocenters. The SMILES string of the molecule is CC(=O)ONc1cccc(NC(=O)c2ccc(CNC(=O)OCc3cccs3)cc2)c1. The number of hydrogen-bond acceptors (Lipinski definition) is 7. The minimum Gasteiger partial charge on any atom is -0.444 e. The van der Waals surface area contributed by atoms with Crippen LogP contribution in [0.5, 0.6) is 0 Å². The molecule has 3 N–H and O–H groups in total. The van der Waals surface area contributed by atoms with Gasteiger partial charge < -0.3 is 20.2 Å². The first-order valence-corrected chi connectivity index (χ1v) is 10.2. The predicted molar refractivity (Wildman–Crippen MR) is 118 cm³/mol. The van der Waals surface area contributed by atoms with Crippen LogP contribution in [-0.4, -0.2) is 18.0 Å². The van der Waals surface area contributed by atoms with Crippen LogP contribution in [0.3, 0.4) is 0 Å². The van der Waals surface area contributed by atoms with Crippen molar-refractivity contribution in [2.45, 2.75) is 20.1 Å². The van der Waals surface area contributed by atoms with Crippen molar-refractivity contribution in [3.8, 4) is 0 Å². The van der Waals surface area contributed by atoms with Gasteiger partial charge in [0.05, 0.1) is 5.69 Å². The first-order chi connectivity index (χ1) is 15.0. The summed E-state index contributed by atoms with van der Waals surface area (Å²) in [7, 11) is 0. The highest BCUT2D eigenvalue weighted by Crippen LogP contribution is 2.16. The molecule has 0 radical (unpaired) electrons. The van der Waals surface area contributed by atoms with Gasteiger partial charge in [-0.05, 0) is 47.3 Å². The lowest BCUT2D eigenvalue weighted by atomic mass is 10.1. The second kappa shape index (κ2) is 10.8. The topological polar surface area (TPSA) is 106 Å². The molecule has 0 aliphatic rings. The van der Waals surface area contributed by atoms with Crippen LogP contribution in [0, 0.1) is 0 Å². The number of anilines is 2. The summed E-state index contributed by atoms with van der Waals surface area (Å²) in [5, 5.41) is 7.38. The molecule has 1 aromatic heterocycles. The molecule has 0 saturated heterocycles. The molecule has 9 heteroatoms. The quantitative estimate of drug-likeness (QED) is 0.452. The first kappa shape index (κ1) is 21.8. The Kier molecular flexibility index (Phi) is 7.61. The summed E-state index contributed by atoms with van der Waals surface area (Å²) in [5.74, 6) is -0.765. The molecule has 160 valence electrons. The van der Waals surface area contributed by atoms with Crippen LogP contribution in [0.1, 0.15) is 27.7 Å². The zero-order valence-corrected chi connectivity index (χ0v) is 17.5. The summed E-state index contributed by atoms with van der Waals surface area (Å²) in [4.78, 5) is 40.8. The third-order valence-corrected chi connectivity index (χ3v) is 4.86. The summed E-state index contributed by atoms with van der Waals surface area (Å²) in [6.45, 7) is 1.81. The summed E-state index contributed by atoms with van der Waals surface area (Å²) in [6.07, 6.45) is -0.502. The molecule has 0 aliphatic heterocycles. The second-order valence-corrected chi connectivity index (χ2v) is 7.47. The molecule has 0 aliphatic carbocycles. The van der Waals surface area contributed by atoms with Gasteiger partial charge >= 0.3 is 12.1 Å². The van der Waals surface area contributed by atoms with Crippen LogP contribution < -0.4 is 16.1 Å². The Hall–Kier alpha value is -3.85. The maximum atomic E-state index is 12.5. The highest BCUT2D eigenvalue weighted by atomic mass is 32.1. The third-order valence-electron chi connectivity index (χ3n) is 4.01. The number of carbonyl (C=O) groups is 3. The average molecular weight is 439 g/mol. The van der Waals surface area contributed by atoms with Gasteiger partial charge in [0.25, 0.3) is 5.91 Å². The van der Waals surface area contributed by atoms with E-state index in [0.29, 0.717) is 16.9 Å². The van der Waals surface area contributed by atoms with E-state index in [0.717, 1.165) is 10.4 Å². The minimum atomic E-state index is -0.502. The van der Waals surface area contributed by atoms with Crippen LogP contribution in [0.2, 0.25) is 0 Å². The van der Waals surface area contributed by atoms with Gasteiger partial charge in [0.2, 0.25) is 0 Å². The van der Waals surface area contributed by atoms with Gasteiger partial charge in [-0.1, -0.05) is 24.3 Å². The van der Waals surface area contributed by atoms with E-state index in [-0.39, 0.29) is 19.1 Å². The van der Waals surface area contributed by atoms with Crippen molar-refractivity contribution in [1.29, 1.82) is 0 Å². The van der Waals surface area contributed by atoms with E-state index in [1.165, 1.54) is 18.3 Å². The maximum Gasteiger partial charge on any atom is 0.407 e. The zero-order chi connectivity index (χ0) is 22.1. The number of rotatable bonds is 8. The summed E-state index contributed by atoms with van der Waals surface area (Å²) in [6, 6.07) is 17.4. The number of hydrogen-bond donors (Lipinski definition) is 3. The lowest BCUT2D eigenvalue weighted by Gasteiger charge is -2.09. The van der Waals surface area contributed by atoms with Crippen LogP contribution in [0.25, 0.3) is 0 Å². The van der Waals surface area contributed by atoms with Gasteiger partial charge in [0, 0.05) is 29.6 Å². The molecule has 0 spiro atoms. The molecule has 31 heavy (non-hydrogen) atoms. The van der Waals surface area contributed by atoms with Gasteiger partial charge in [0.1, 0.15) is 6.61 Å². The Balaban J connectivity index is 1.48. The molecular weight excluding hydrogens is 418 g/mol. The normalized spacial score (nSPS) is 10.1. The Morgan fingerprint density at radius 1 is 0.968 bits per heavy atom. The number of amides is 2. The molecule has 2 aromatic carbocycles. The summed E-state index contributed by atoms with van der Waals surface area (Å²) in [5.41, 5.74) is 4.86. The van der Waals surface area contributed by atoms with Crippen molar-refractivity contribution in [3.63, 3.8) is 0 Å². The molecule has 0 unspecified atom stereocenters. The van der Waals surface area contributed by atoms with Crippen LogP contribution in [0.15, 0.2) is 66.0 Å². The fourth-order valence-corrected chi connectivity index (χ4v) is 3.14. The number of benzene rings is 2. The van der Waals surface area contributed by atoms with E-state index < -0.39 is 12.1 Å². The molecular formula is C22H21N3O5S. The summed E-state index contributed by atoms with van der Waals surface area (Å²) < 4.78 is 5.14. The minimum absolute atomic E-state index is 0.236. The standard InChI is InChI=1S/C22H21N3O5S/c1-15(26)30-25-19-5-2-4-18(12-19)24-21(27)17-9-7-16(8-10-17)13-23-22(28)29-14-20-6-3-11-31-20/h2-12,25H,13-14H2,1H3,(H,23,28)(H,24,27). The number of carbonyl (C=O) groups excluding carboxylic acids is 3. The van der Waals surface area contributed by atoms with Crippen LogP contribution >= 0.6 is 11.3 Å². The molecule has 3 rings (SSSR count). The molecule has 2 amide bonds. The number of alkyl carbamates (subject to hydrolysis) is 1. The van der Waals surface area contributed by atoms with Crippen molar-refractivity contribution in [2.75, 3.05) is 10.8 Å². The number of thiophene rings is 1. The van der Waals surface area contributed by atoms with Crippen molar-refractivity contribution in [1.82, 2.24) is 5.32 Å². The Morgan fingerprint density at radius 2 is 1.74 bits per heavy atom. The molecule has 8 nitrogen and oxygen atoms in total. The van der Waals surface area contributed by atoms with Gasteiger partial charge in [-0.15, -0.1) is 11.3 Å². The largest absolute Gasteiger partial charge is 0.444 e. The highest BCUT2D eigenvalue weighted by molar-refractivity contribution is 7.09. The molecule has 3 aromatic rings. The first-order valence-electron chi connectivity index (χ1n) is 9.36. The maximum absolute atomic E-state index is 12.5. The highest BCUT2D eigenvalue weighted by Gasteiger charge is 2.08. The van der Waals surface area contributed by atoms with Crippen LogP contribution in [-0.2, 0) is 27.5 Å². The molecule has 0 saturated carbocycles. The van der Waals surface area contributed by atoms with Gasteiger partial charge in [0.15, 0.2) is 0 Å². The molecule has 0 bridgehead atoms. The van der Waals surface area contributed by atoms with Crippen molar-refractivity contribution < 1.29 is 24.0 Å². The van der Waals surface area contributed by atoms with E-state index >= 15 is 0 Å². The van der Waals surface area contributed by atoms with Crippen LogP contribution in [0.4, 0.5) is 16.2 Å². The number of ether oxygens (including phenoxy) is 1. The van der Waals surface area contributed by atoms with E-state index in [2.05, 4.69) is 16.1 Å². The molecule has 0 fully saturated rings. The van der Waals surface area contributed by atoms with Crippen molar-refractivity contribution in [2.24, 2.45) is 0 Å². The zero-order valence-electron chi connectivity index (χ0n) is 16.7. The van der Waals surface area contributed by atoms with E-state index in [9.17, 15) is 14.4 Å². The fraction of sp³-hybridized carbons (Fsp3) is 0.136. The molecule has 1 heterocycles. The Bertz CT molecular complexity index is 1040. The fourth-order valence-electron chi connectivity index (χ4n) is 2.53. The van der Waals surface area contributed by atoms with E-state index in [1.54, 1.807) is 48.5 Å². The second-order valence-electron chi connectivity index (χ2n) is 6.44. The lowest BCUT2D eigenvalue weighted by Crippen LogP contribution is -2.23. The van der Waals surface area contributed by atoms with Gasteiger partial charge in [-0.3, -0.25) is 9.59 Å². The average Bonchev–Trinajstić information content (AvgIpc) is 3.29. The van der Waals surface area contributed by atoms with E-state index in [1.807, 2.05) is 17.5 Å². The van der Waals surface area contributed by atoms with Gasteiger partial charge in [-0.2, -0.15) is 0 Å². The van der Waals surface area contributed by atoms with Crippen molar-refractivity contribution in [3.05, 3.63) is 82.0 Å². The Labute approximate surface area is 183 Å². The van der Waals surface area contributed by atoms with E-state index in [4.69, 9.17) is 9.57 Å². The smallest absolute Gasteiger partial charge is 0.407 e. The third kappa shape index (κ3) is 7.16. The monoisotopic (exact) mass is 439 g/mol. The Morgan fingerprint density at radius 3 is 2.45 bits per heavy atom. The summed E-state index contributed by atoms with van der Waals surface area (Å²) >= 11 is 1.52. The lowest BCUT2D eigenvalue weighted by molar-refractivity contribution is -0.138.